The Labute approximate surface area is 154 Å². The fourth-order valence-corrected chi connectivity index (χ4v) is 4.10. The normalized spacial score (nSPS) is 22.1. The number of benzene rings is 1. The molecule has 0 unspecified atom stereocenters. The van der Waals surface area contributed by atoms with Crippen LogP contribution >= 0.6 is 0 Å². The summed E-state index contributed by atoms with van der Waals surface area (Å²) in [6.45, 7) is 4.22. The van der Waals surface area contributed by atoms with Crippen LogP contribution in [-0.4, -0.2) is 66.5 Å². The molecule has 6 heteroatoms. The molecule has 3 heterocycles. The van der Waals surface area contributed by atoms with Crippen LogP contribution in [0.1, 0.15) is 32.1 Å². The minimum atomic E-state index is 0.293. The maximum Gasteiger partial charge on any atom is 0.298 e. The summed E-state index contributed by atoms with van der Waals surface area (Å²) in [7, 11) is 2.19. The van der Waals surface area contributed by atoms with Crippen molar-refractivity contribution < 1.29 is 9.21 Å². The summed E-state index contributed by atoms with van der Waals surface area (Å²) in [5.41, 5.74) is 1.70. The summed E-state index contributed by atoms with van der Waals surface area (Å²) >= 11 is 0. The van der Waals surface area contributed by atoms with Gasteiger partial charge in [0.25, 0.3) is 6.01 Å². The molecule has 0 radical (unpaired) electrons. The SMILES string of the molecule is CN1CCCC[C@H]1CCC(=O)N1CCN(c2nc3ccccc3o2)CC1. The van der Waals surface area contributed by atoms with E-state index in [4.69, 9.17) is 4.42 Å². The van der Waals surface area contributed by atoms with Gasteiger partial charge < -0.3 is 19.1 Å². The lowest BCUT2D eigenvalue weighted by atomic mass is 9.98. The molecule has 0 spiro atoms. The van der Waals surface area contributed by atoms with Gasteiger partial charge in [0.1, 0.15) is 5.52 Å². The maximum absolute atomic E-state index is 12.6. The van der Waals surface area contributed by atoms with Crippen molar-refractivity contribution in [2.24, 2.45) is 0 Å². The van der Waals surface area contributed by atoms with E-state index in [1.807, 2.05) is 29.2 Å². The molecule has 26 heavy (non-hydrogen) atoms. The van der Waals surface area contributed by atoms with Gasteiger partial charge in [-0.1, -0.05) is 18.6 Å². The van der Waals surface area contributed by atoms with Crippen LogP contribution in [0.15, 0.2) is 28.7 Å². The third kappa shape index (κ3) is 3.70. The van der Waals surface area contributed by atoms with E-state index in [9.17, 15) is 4.79 Å². The van der Waals surface area contributed by atoms with Crippen LogP contribution in [-0.2, 0) is 4.79 Å². The van der Waals surface area contributed by atoms with Gasteiger partial charge in [0.05, 0.1) is 0 Å². The smallest absolute Gasteiger partial charge is 0.298 e. The van der Waals surface area contributed by atoms with E-state index in [-0.39, 0.29) is 0 Å². The summed E-state index contributed by atoms with van der Waals surface area (Å²) in [6.07, 6.45) is 5.47. The number of piperidine rings is 1. The number of fused-ring (bicyclic) bond motifs is 1. The quantitative estimate of drug-likeness (QED) is 0.843. The van der Waals surface area contributed by atoms with Gasteiger partial charge in [0, 0.05) is 38.6 Å². The summed E-state index contributed by atoms with van der Waals surface area (Å²) in [6, 6.07) is 9.07. The average Bonchev–Trinajstić information content (AvgIpc) is 3.11. The van der Waals surface area contributed by atoms with Crippen molar-refractivity contribution >= 4 is 23.0 Å². The zero-order chi connectivity index (χ0) is 17.9. The Morgan fingerprint density at radius 3 is 2.73 bits per heavy atom. The summed E-state index contributed by atoms with van der Waals surface area (Å²) in [4.78, 5) is 23.7. The second kappa shape index (κ2) is 7.66. The number of hydrogen-bond donors (Lipinski definition) is 0. The number of amides is 1. The van der Waals surface area contributed by atoms with Crippen molar-refractivity contribution in [2.45, 2.75) is 38.1 Å². The van der Waals surface area contributed by atoms with Crippen molar-refractivity contribution in [1.82, 2.24) is 14.8 Å². The number of likely N-dealkylation sites (tertiary alicyclic amines) is 1. The van der Waals surface area contributed by atoms with Gasteiger partial charge in [-0.3, -0.25) is 4.79 Å². The van der Waals surface area contributed by atoms with Gasteiger partial charge in [-0.2, -0.15) is 4.98 Å². The first kappa shape index (κ1) is 17.3. The molecule has 2 saturated heterocycles. The lowest BCUT2D eigenvalue weighted by Gasteiger charge is -2.35. The van der Waals surface area contributed by atoms with Crippen molar-refractivity contribution in [3.63, 3.8) is 0 Å². The molecule has 1 aromatic heterocycles. The first-order chi connectivity index (χ1) is 12.7. The molecule has 0 N–H and O–H groups in total. The van der Waals surface area contributed by atoms with Gasteiger partial charge in [-0.05, 0) is 45.0 Å². The minimum Gasteiger partial charge on any atom is -0.423 e. The van der Waals surface area contributed by atoms with Crippen LogP contribution in [0.25, 0.3) is 11.1 Å². The van der Waals surface area contributed by atoms with Crippen molar-refractivity contribution in [2.75, 3.05) is 44.7 Å². The summed E-state index contributed by atoms with van der Waals surface area (Å²) in [5.74, 6) is 0.293. The van der Waals surface area contributed by atoms with E-state index >= 15 is 0 Å². The van der Waals surface area contributed by atoms with Crippen LogP contribution in [0.4, 0.5) is 6.01 Å². The molecule has 2 aliphatic heterocycles. The Hall–Kier alpha value is -2.08. The standard InChI is InChI=1S/C20H28N4O2/c1-22-11-5-4-6-16(22)9-10-19(25)23-12-14-24(15-13-23)20-21-17-7-2-3-8-18(17)26-20/h2-3,7-8,16H,4-6,9-15H2,1H3/t16-/m0/s1. The molecule has 4 rings (SSSR count). The molecule has 0 aliphatic carbocycles. The molecule has 2 aliphatic rings. The summed E-state index contributed by atoms with van der Waals surface area (Å²) < 4.78 is 5.85. The Morgan fingerprint density at radius 1 is 1.15 bits per heavy atom. The fraction of sp³-hybridized carbons (Fsp3) is 0.600. The molecule has 1 aromatic carbocycles. The second-order valence-electron chi connectivity index (χ2n) is 7.50. The maximum atomic E-state index is 12.6. The average molecular weight is 356 g/mol. The van der Waals surface area contributed by atoms with Gasteiger partial charge in [0.2, 0.25) is 5.91 Å². The molecule has 0 saturated carbocycles. The van der Waals surface area contributed by atoms with E-state index in [0.717, 1.165) is 43.7 Å². The molecular formula is C20H28N4O2. The fourth-order valence-electron chi connectivity index (χ4n) is 4.10. The van der Waals surface area contributed by atoms with Crippen LogP contribution in [0.2, 0.25) is 0 Å². The zero-order valence-electron chi connectivity index (χ0n) is 15.6. The monoisotopic (exact) mass is 356 g/mol. The first-order valence-corrected chi connectivity index (χ1v) is 9.79. The van der Waals surface area contributed by atoms with E-state index in [1.165, 1.54) is 25.8 Å². The number of aromatic nitrogens is 1. The van der Waals surface area contributed by atoms with E-state index < -0.39 is 0 Å². The van der Waals surface area contributed by atoms with Gasteiger partial charge >= 0.3 is 0 Å². The van der Waals surface area contributed by atoms with E-state index in [1.54, 1.807) is 0 Å². The van der Waals surface area contributed by atoms with Crippen molar-refractivity contribution in [3.05, 3.63) is 24.3 Å². The van der Waals surface area contributed by atoms with Gasteiger partial charge in [0.15, 0.2) is 5.58 Å². The first-order valence-electron chi connectivity index (χ1n) is 9.79. The number of oxazole rings is 1. The zero-order valence-corrected chi connectivity index (χ0v) is 15.6. The highest BCUT2D eigenvalue weighted by molar-refractivity contribution is 5.77. The molecule has 6 nitrogen and oxygen atoms in total. The highest BCUT2D eigenvalue weighted by Crippen LogP contribution is 2.23. The number of carbonyl (C=O) groups excluding carboxylic acids is 1. The number of hydrogen-bond acceptors (Lipinski definition) is 5. The second-order valence-corrected chi connectivity index (χ2v) is 7.50. The third-order valence-electron chi connectivity index (χ3n) is 5.80. The number of carbonyl (C=O) groups is 1. The predicted molar refractivity (Wildman–Crippen MR) is 102 cm³/mol. The highest BCUT2D eigenvalue weighted by Gasteiger charge is 2.25. The topological polar surface area (TPSA) is 52.8 Å². The van der Waals surface area contributed by atoms with Crippen LogP contribution in [0.3, 0.4) is 0 Å². The Bertz CT molecular complexity index is 718. The lowest BCUT2D eigenvalue weighted by Crippen LogP contribution is -2.49. The molecule has 1 atom stereocenters. The Morgan fingerprint density at radius 2 is 1.96 bits per heavy atom. The Balaban J connectivity index is 1.28. The number of piperazine rings is 1. The van der Waals surface area contributed by atoms with Crippen LogP contribution in [0.5, 0.6) is 0 Å². The van der Waals surface area contributed by atoms with Crippen molar-refractivity contribution in [3.8, 4) is 0 Å². The van der Waals surface area contributed by atoms with Crippen LogP contribution in [0, 0.1) is 0 Å². The third-order valence-corrected chi connectivity index (χ3v) is 5.80. The van der Waals surface area contributed by atoms with Gasteiger partial charge in [-0.15, -0.1) is 0 Å². The molecule has 2 aromatic rings. The van der Waals surface area contributed by atoms with E-state index in [0.29, 0.717) is 24.4 Å². The molecule has 0 bridgehead atoms. The Kier molecular flexibility index (Phi) is 5.11. The largest absolute Gasteiger partial charge is 0.423 e. The number of anilines is 1. The number of nitrogens with zero attached hydrogens (tertiary/aromatic N) is 4. The predicted octanol–water partition coefficient (Wildman–Crippen LogP) is 2.74. The van der Waals surface area contributed by atoms with Crippen LogP contribution < -0.4 is 4.90 Å². The molecule has 140 valence electrons. The van der Waals surface area contributed by atoms with Crippen molar-refractivity contribution in [1.29, 1.82) is 0 Å². The minimum absolute atomic E-state index is 0.293. The molecule has 2 fully saturated rings. The van der Waals surface area contributed by atoms with Gasteiger partial charge in [-0.25, -0.2) is 0 Å². The summed E-state index contributed by atoms with van der Waals surface area (Å²) in [5, 5.41) is 0. The lowest BCUT2D eigenvalue weighted by molar-refractivity contribution is -0.131. The van der Waals surface area contributed by atoms with E-state index in [2.05, 4.69) is 21.8 Å². The highest BCUT2D eigenvalue weighted by atomic mass is 16.4. The number of para-hydroxylation sites is 2. The molecule has 1 amide bonds. The molecular weight excluding hydrogens is 328 g/mol. The number of rotatable bonds is 4.